The Labute approximate surface area is 433 Å². The van der Waals surface area contributed by atoms with Crippen molar-refractivity contribution in [3.63, 3.8) is 0 Å². The highest BCUT2D eigenvalue weighted by Gasteiger charge is 2.35. The Hall–Kier alpha value is -3.58. The third-order valence-electron chi connectivity index (χ3n) is 12.5. The van der Waals surface area contributed by atoms with E-state index in [1.807, 2.05) is 0 Å². The summed E-state index contributed by atoms with van der Waals surface area (Å²) in [6.45, 7) is 2.33. The fourth-order valence-corrected chi connectivity index (χ4v) is 7.76. The smallest absolute Gasteiger partial charge is 0.328 e. The number of nitrogens with zero attached hydrogens (tertiary/aromatic N) is 1. The minimum absolute atomic E-state index is 0.0406. The molecule has 0 fully saturated rings. The highest BCUT2D eigenvalue weighted by Crippen LogP contribution is 2.14. The van der Waals surface area contributed by atoms with Gasteiger partial charge in [0, 0.05) is 45.4 Å². The Kier molecular flexibility index (Phi) is 42.5. The topological polar surface area (TPSA) is 363 Å². The lowest BCUT2D eigenvalue weighted by molar-refractivity contribution is -0.150. The molecule has 0 aliphatic heterocycles. The first-order valence-electron chi connectivity index (χ1n) is 27.1. The normalized spacial score (nSPS) is 15.2. The molecule has 0 aliphatic carbocycles. The van der Waals surface area contributed by atoms with Gasteiger partial charge in [-0.1, -0.05) is 129 Å². The van der Waals surface area contributed by atoms with Gasteiger partial charge in [-0.25, -0.2) is 4.79 Å². The van der Waals surface area contributed by atoms with Crippen molar-refractivity contribution in [1.82, 2.24) is 20.9 Å². The van der Waals surface area contributed by atoms with Crippen LogP contribution in [0.2, 0.25) is 0 Å². The molecule has 428 valence electrons. The van der Waals surface area contributed by atoms with Crippen LogP contribution in [0.4, 0.5) is 0 Å². The molecule has 0 radical (unpaired) electrons. The molecule has 0 rings (SSSR count). The third kappa shape index (κ3) is 33.9. The molecule has 22 nitrogen and oxygen atoms in total. The Morgan fingerprint density at radius 3 is 1.25 bits per heavy atom. The molecule has 4 amide bonds. The third-order valence-corrected chi connectivity index (χ3v) is 12.5. The number of aliphatic hydroxyl groups excluding tert-OH is 10. The summed E-state index contributed by atoms with van der Waals surface area (Å²) in [7, 11) is 0. The van der Waals surface area contributed by atoms with Gasteiger partial charge in [0.2, 0.25) is 11.8 Å². The molecule has 13 N–H and O–H groups in total. The Bertz CT molecular complexity index is 1420. The van der Waals surface area contributed by atoms with Gasteiger partial charge >= 0.3 is 11.9 Å². The number of unbranched alkanes of at least 4 members (excludes halogenated alkanes) is 18. The van der Waals surface area contributed by atoms with Gasteiger partial charge in [0.1, 0.15) is 42.7 Å². The summed E-state index contributed by atoms with van der Waals surface area (Å²) in [6.07, 6.45) is 4.63. The fraction of sp³-hybridized carbons (Fsp3) is 0.882. The van der Waals surface area contributed by atoms with E-state index in [2.05, 4.69) is 29.8 Å². The number of carbonyl (C=O) groups is 6. The van der Waals surface area contributed by atoms with Gasteiger partial charge in [-0.2, -0.15) is 0 Å². The van der Waals surface area contributed by atoms with E-state index in [1.165, 1.54) is 75.5 Å². The van der Waals surface area contributed by atoms with E-state index in [0.29, 0.717) is 12.8 Å². The second kappa shape index (κ2) is 44.7. The van der Waals surface area contributed by atoms with E-state index in [1.54, 1.807) is 0 Å². The van der Waals surface area contributed by atoms with Crippen LogP contribution >= 0.6 is 0 Å². The molecular formula is C51H96N4O18. The van der Waals surface area contributed by atoms with Crippen molar-refractivity contribution in [3.8, 4) is 0 Å². The predicted octanol–water partition coefficient (Wildman–Crippen LogP) is 0.673. The molecule has 73 heavy (non-hydrogen) atoms. The van der Waals surface area contributed by atoms with E-state index in [0.717, 1.165) is 44.9 Å². The first-order valence-corrected chi connectivity index (χ1v) is 27.1. The maximum Gasteiger partial charge on any atom is 0.328 e. The van der Waals surface area contributed by atoms with Gasteiger partial charge in [0.25, 0.3) is 11.8 Å². The molecule has 0 heterocycles. The molecular weight excluding hydrogens is 957 g/mol. The van der Waals surface area contributed by atoms with E-state index >= 15 is 0 Å². The summed E-state index contributed by atoms with van der Waals surface area (Å²) >= 11 is 0. The first-order chi connectivity index (χ1) is 35.0. The molecule has 22 heteroatoms. The quantitative estimate of drug-likeness (QED) is 0.0294. The van der Waals surface area contributed by atoms with E-state index < -0.39 is 110 Å². The summed E-state index contributed by atoms with van der Waals surface area (Å²) in [4.78, 5) is 79.1. The number of hydrogen-bond donors (Lipinski definition) is 13. The minimum atomic E-state index is -2.20. The van der Waals surface area contributed by atoms with Crippen LogP contribution in [0.1, 0.15) is 181 Å². The first kappa shape index (κ1) is 69.4. The van der Waals surface area contributed by atoms with Crippen LogP contribution in [-0.2, 0) is 38.2 Å². The van der Waals surface area contributed by atoms with Crippen LogP contribution < -0.4 is 16.0 Å². The molecule has 0 aromatic heterocycles. The summed E-state index contributed by atoms with van der Waals surface area (Å²) in [5, 5.41) is 104. The number of aliphatic hydroxyl groups is 10. The number of amides is 4. The maximum atomic E-state index is 13.6. The Balaban J connectivity index is 5.61. The minimum Gasteiger partial charge on any atom is -0.466 e. The van der Waals surface area contributed by atoms with Gasteiger partial charge in [-0.15, -0.1) is 0 Å². The van der Waals surface area contributed by atoms with Crippen molar-refractivity contribution in [2.45, 2.75) is 236 Å². The highest BCUT2D eigenvalue weighted by molar-refractivity contribution is 5.88. The fourth-order valence-electron chi connectivity index (χ4n) is 7.76. The van der Waals surface area contributed by atoms with Crippen LogP contribution in [0.3, 0.4) is 0 Å². The Morgan fingerprint density at radius 1 is 0.466 bits per heavy atom. The average Bonchev–Trinajstić information content (AvgIpc) is 3.39. The summed E-state index contributed by atoms with van der Waals surface area (Å²) in [5.41, 5.74) is 0. The number of carbonyl (C=O) groups excluding carboxylic acids is 6. The summed E-state index contributed by atoms with van der Waals surface area (Å²) in [5.74, 6) is -4.78. The van der Waals surface area contributed by atoms with E-state index in [4.69, 9.17) is 19.7 Å². The molecule has 0 bridgehead atoms. The van der Waals surface area contributed by atoms with Crippen LogP contribution in [0.15, 0.2) is 0 Å². The van der Waals surface area contributed by atoms with E-state index in [-0.39, 0.29) is 71.5 Å². The van der Waals surface area contributed by atoms with E-state index in [9.17, 15) is 69.6 Å². The maximum absolute atomic E-state index is 13.6. The highest BCUT2D eigenvalue weighted by atomic mass is 16.5. The van der Waals surface area contributed by atoms with Crippen molar-refractivity contribution in [1.29, 1.82) is 0 Å². The second-order valence-corrected chi connectivity index (χ2v) is 18.9. The monoisotopic (exact) mass is 1050 g/mol. The van der Waals surface area contributed by atoms with Crippen molar-refractivity contribution in [3.05, 3.63) is 0 Å². The lowest BCUT2D eigenvalue weighted by Crippen LogP contribution is -2.52. The van der Waals surface area contributed by atoms with Crippen molar-refractivity contribution < 1.29 is 89.3 Å². The van der Waals surface area contributed by atoms with Gasteiger partial charge in [-0.05, 0) is 32.1 Å². The average molecular weight is 1050 g/mol. The van der Waals surface area contributed by atoms with Gasteiger partial charge in [-0.3, -0.25) is 24.0 Å². The zero-order chi connectivity index (χ0) is 54.8. The van der Waals surface area contributed by atoms with Crippen molar-refractivity contribution in [2.75, 3.05) is 52.6 Å². The number of hydrogen-bond acceptors (Lipinski definition) is 18. The molecule has 0 aliphatic rings. The lowest BCUT2D eigenvalue weighted by Gasteiger charge is -2.26. The lowest BCUT2D eigenvalue weighted by atomic mass is 10.0. The molecule has 0 spiro atoms. The number of nitrogens with one attached hydrogen (secondary N) is 3. The molecule has 0 aromatic rings. The van der Waals surface area contributed by atoms with Crippen LogP contribution in [0.25, 0.3) is 0 Å². The summed E-state index contributed by atoms with van der Waals surface area (Å²) < 4.78 is 11.0. The van der Waals surface area contributed by atoms with Gasteiger partial charge in [0.15, 0.2) is 12.2 Å². The zero-order valence-corrected chi connectivity index (χ0v) is 43.9. The van der Waals surface area contributed by atoms with Crippen molar-refractivity contribution >= 4 is 35.6 Å². The number of ether oxygens (including phenoxy) is 2. The number of esters is 2. The molecule has 9 atom stereocenters. The predicted molar refractivity (Wildman–Crippen MR) is 270 cm³/mol. The Morgan fingerprint density at radius 2 is 0.849 bits per heavy atom. The molecule has 0 saturated carbocycles. The SMILES string of the molecule is CCCCCCCCCCCCOC(=O)CC[C@H](NC(=O)CCC(=O)N(CCCNC(=O)[C@H](O)[C@@H](O)[C@H](O)[C@@H](O)CO)CCCNC(=O)[C@H](O)[C@@H](O)[C@H](O)[C@@H](O)CO)C(=O)OCCCCCCCCCCCC. The molecule has 0 aromatic carbocycles. The standard InChI is InChI=1S/C51H96N4O18/c1-3-5-7-9-11-13-15-17-19-21-33-72-42(62)28-25-37(51(71)73-34-22-20-18-16-14-12-10-8-6-4-2)54-40(60)26-27-41(61)55(31-23-29-52-49(69)47(67)45(65)43(63)38(58)35-56)32-24-30-53-50(70)48(68)46(66)44(64)39(59)36-57/h37-39,43-48,56-59,63-68H,3-36H2,1-2H3,(H,52,69)(H,53,70)(H,54,60)/t37-,38-,39-,43+,44+,45-,46-,47+,48+/m0/s1. The largest absolute Gasteiger partial charge is 0.466 e. The second-order valence-electron chi connectivity index (χ2n) is 18.9. The summed E-state index contributed by atoms with van der Waals surface area (Å²) in [6, 6.07) is -1.21. The van der Waals surface area contributed by atoms with Crippen LogP contribution in [-0.4, -0.2) is 199 Å². The van der Waals surface area contributed by atoms with Crippen LogP contribution in [0, 0.1) is 0 Å². The van der Waals surface area contributed by atoms with Crippen molar-refractivity contribution in [2.24, 2.45) is 0 Å². The van der Waals surface area contributed by atoms with Gasteiger partial charge in [0.05, 0.1) is 26.4 Å². The number of rotatable bonds is 48. The van der Waals surface area contributed by atoms with Gasteiger partial charge < -0.3 is 81.4 Å². The molecule has 0 saturated heterocycles. The zero-order valence-electron chi connectivity index (χ0n) is 43.9. The van der Waals surface area contributed by atoms with Crippen LogP contribution in [0.5, 0.6) is 0 Å². The molecule has 0 unspecified atom stereocenters.